The molecule has 21 heavy (non-hydrogen) atoms. The molecule has 4 nitrogen and oxygen atoms in total. The van der Waals surface area contributed by atoms with E-state index in [1.807, 2.05) is 48.0 Å². The maximum absolute atomic E-state index is 5.50. The Kier molecular flexibility index (Phi) is 3.77. The Morgan fingerprint density at radius 2 is 2.14 bits per heavy atom. The van der Waals surface area contributed by atoms with Crippen LogP contribution in [0.15, 0.2) is 48.8 Å². The van der Waals surface area contributed by atoms with E-state index in [1.165, 1.54) is 5.56 Å². The third-order valence-corrected chi connectivity index (χ3v) is 3.38. The minimum absolute atomic E-state index is 0.688. The fraction of sp³-hybridized carbons (Fsp3) is 0.235. The summed E-state index contributed by atoms with van der Waals surface area (Å²) >= 11 is 0. The molecule has 2 heterocycles. The lowest BCUT2D eigenvalue weighted by Gasteiger charge is -2.10. The third kappa shape index (κ3) is 2.99. The van der Waals surface area contributed by atoms with E-state index < -0.39 is 0 Å². The van der Waals surface area contributed by atoms with Crippen molar-refractivity contribution in [3.8, 4) is 5.75 Å². The fourth-order valence-electron chi connectivity index (χ4n) is 2.35. The smallest absolute Gasteiger partial charge is 0.137 e. The van der Waals surface area contributed by atoms with Crippen molar-refractivity contribution in [1.29, 1.82) is 0 Å². The standard InChI is InChI=1S/C17H19N3O/c1-3-21-15-7-8-16(13(2)10-15)18-11-14-12-20-9-5-4-6-17(20)19-14/h4-10,12,18H,3,11H2,1-2H3. The van der Waals surface area contributed by atoms with Crippen molar-refractivity contribution < 1.29 is 4.74 Å². The number of aryl methyl sites for hydroxylation is 1. The number of hydrogen-bond donors (Lipinski definition) is 1. The molecule has 108 valence electrons. The van der Waals surface area contributed by atoms with E-state index in [1.54, 1.807) is 0 Å². The molecule has 1 N–H and O–H groups in total. The SMILES string of the molecule is CCOc1ccc(NCc2cn3ccccc3n2)c(C)c1. The molecule has 0 aliphatic heterocycles. The highest BCUT2D eigenvalue weighted by Crippen LogP contribution is 2.22. The van der Waals surface area contributed by atoms with Gasteiger partial charge in [-0.1, -0.05) is 6.07 Å². The molecule has 0 unspecified atom stereocenters. The van der Waals surface area contributed by atoms with Gasteiger partial charge in [0.2, 0.25) is 0 Å². The zero-order valence-electron chi connectivity index (χ0n) is 12.3. The Labute approximate surface area is 124 Å². The second-order valence-electron chi connectivity index (χ2n) is 4.96. The van der Waals surface area contributed by atoms with Gasteiger partial charge in [0.05, 0.1) is 18.8 Å². The van der Waals surface area contributed by atoms with Crippen molar-refractivity contribution >= 4 is 11.3 Å². The molecule has 1 aromatic carbocycles. The number of nitrogens with one attached hydrogen (secondary N) is 1. The molecule has 0 spiro atoms. The topological polar surface area (TPSA) is 38.6 Å². The van der Waals surface area contributed by atoms with Gasteiger partial charge in [-0.15, -0.1) is 0 Å². The molecule has 0 aliphatic rings. The van der Waals surface area contributed by atoms with E-state index >= 15 is 0 Å². The third-order valence-electron chi connectivity index (χ3n) is 3.38. The number of pyridine rings is 1. The molecule has 3 aromatic rings. The highest BCUT2D eigenvalue weighted by Gasteiger charge is 2.03. The van der Waals surface area contributed by atoms with Gasteiger partial charge in [-0.05, 0) is 49.7 Å². The molecule has 0 radical (unpaired) electrons. The minimum atomic E-state index is 0.688. The van der Waals surface area contributed by atoms with Crippen molar-refractivity contribution in [1.82, 2.24) is 9.38 Å². The predicted octanol–water partition coefficient (Wildman–Crippen LogP) is 3.65. The molecular weight excluding hydrogens is 262 g/mol. The second kappa shape index (κ2) is 5.87. The zero-order chi connectivity index (χ0) is 14.7. The molecular formula is C17H19N3O. The van der Waals surface area contributed by atoms with E-state index in [9.17, 15) is 0 Å². The minimum Gasteiger partial charge on any atom is -0.494 e. The maximum Gasteiger partial charge on any atom is 0.137 e. The summed E-state index contributed by atoms with van der Waals surface area (Å²) in [5.74, 6) is 0.910. The molecule has 0 amide bonds. The van der Waals surface area contributed by atoms with Crippen LogP contribution in [0.25, 0.3) is 5.65 Å². The van der Waals surface area contributed by atoms with Crippen LogP contribution in [0.2, 0.25) is 0 Å². The Morgan fingerprint density at radius 1 is 1.24 bits per heavy atom. The van der Waals surface area contributed by atoms with E-state index in [0.29, 0.717) is 13.2 Å². The number of benzene rings is 1. The van der Waals surface area contributed by atoms with Crippen molar-refractivity contribution in [3.05, 3.63) is 60.0 Å². The highest BCUT2D eigenvalue weighted by molar-refractivity contribution is 5.54. The van der Waals surface area contributed by atoms with Gasteiger partial charge in [-0.3, -0.25) is 0 Å². The number of aromatic nitrogens is 2. The van der Waals surface area contributed by atoms with Crippen LogP contribution < -0.4 is 10.1 Å². The normalized spacial score (nSPS) is 10.8. The zero-order valence-corrected chi connectivity index (χ0v) is 12.3. The van der Waals surface area contributed by atoms with E-state index in [2.05, 4.69) is 29.4 Å². The van der Waals surface area contributed by atoms with Crippen LogP contribution in [0.4, 0.5) is 5.69 Å². The van der Waals surface area contributed by atoms with Crippen LogP contribution >= 0.6 is 0 Å². The Bertz CT molecular complexity index is 716. The Balaban J connectivity index is 1.72. The first-order chi connectivity index (χ1) is 10.3. The van der Waals surface area contributed by atoms with Crippen molar-refractivity contribution in [2.75, 3.05) is 11.9 Å². The lowest BCUT2D eigenvalue weighted by atomic mass is 10.2. The highest BCUT2D eigenvalue weighted by atomic mass is 16.5. The van der Waals surface area contributed by atoms with E-state index in [0.717, 1.165) is 22.8 Å². The van der Waals surface area contributed by atoms with E-state index in [4.69, 9.17) is 4.74 Å². The van der Waals surface area contributed by atoms with Gasteiger partial charge in [0, 0.05) is 18.1 Å². The molecule has 0 bridgehead atoms. The molecule has 0 fully saturated rings. The van der Waals surface area contributed by atoms with E-state index in [-0.39, 0.29) is 0 Å². The molecule has 0 saturated carbocycles. The molecule has 4 heteroatoms. The van der Waals surface area contributed by atoms with Crippen LogP contribution in [-0.2, 0) is 6.54 Å². The number of ether oxygens (including phenoxy) is 1. The van der Waals surface area contributed by atoms with Gasteiger partial charge in [-0.25, -0.2) is 4.98 Å². The van der Waals surface area contributed by atoms with Crippen LogP contribution in [0.5, 0.6) is 5.75 Å². The van der Waals surface area contributed by atoms with Gasteiger partial charge in [-0.2, -0.15) is 0 Å². The maximum atomic E-state index is 5.50. The number of hydrogen-bond acceptors (Lipinski definition) is 3. The summed E-state index contributed by atoms with van der Waals surface area (Å²) in [4.78, 5) is 4.58. The first-order valence-electron chi connectivity index (χ1n) is 7.16. The monoisotopic (exact) mass is 281 g/mol. The number of nitrogens with zero attached hydrogens (tertiary/aromatic N) is 2. The van der Waals surface area contributed by atoms with Crippen LogP contribution in [0.3, 0.4) is 0 Å². The average molecular weight is 281 g/mol. The number of anilines is 1. The average Bonchev–Trinajstić information content (AvgIpc) is 2.89. The van der Waals surface area contributed by atoms with Crippen LogP contribution in [0.1, 0.15) is 18.2 Å². The van der Waals surface area contributed by atoms with Crippen molar-refractivity contribution in [2.45, 2.75) is 20.4 Å². The van der Waals surface area contributed by atoms with Gasteiger partial charge in [0.15, 0.2) is 0 Å². The number of imidazole rings is 1. The summed E-state index contributed by atoms with van der Waals surface area (Å²) in [6.45, 7) is 5.46. The molecule has 0 saturated heterocycles. The van der Waals surface area contributed by atoms with Gasteiger partial charge in [0.1, 0.15) is 11.4 Å². The molecule has 0 atom stereocenters. The first-order valence-corrected chi connectivity index (χ1v) is 7.16. The largest absolute Gasteiger partial charge is 0.494 e. The van der Waals surface area contributed by atoms with Gasteiger partial charge < -0.3 is 14.5 Å². The molecule has 0 aliphatic carbocycles. The number of fused-ring (bicyclic) bond motifs is 1. The molecule has 3 rings (SSSR count). The summed E-state index contributed by atoms with van der Waals surface area (Å²) in [6.07, 6.45) is 4.06. The summed E-state index contributed by atoms with van der Waals surface area (Å²) in [7, 11) is 0. The van der Waals surface area contributed by atoms with Crippen molar-refractivity contribution in [3.63, 3.8) is 0 Å². The first kappa shape index (κ1) is 13.5. The van der Waals surface area contributed by atoms with Gasteiger partial charge in [0.25, 0.3) is 0 Å². The quantitative estimate of drug-likeness (QED) is 0.775. The summed E-state index contributed by atoms with van der Waals surface area (Å²) in [6, 6.07) is 12.1. The predicted molar refractivity (Wildman–Crippen MR) is 84.9 cm³/mol. The fourth-order valence-corrected chi connectivity index (χ4v) is 2.35. The lowest BCUT2D eigenvalue weighted by Crippen LogP contribution is -2.01. The van der Waals surface area contributed by atoms with Gasteiger partial charge >= 0.3 is 0 Å². The van der Waals surface area contributed by atoms with Crippen LogP contribution in [0, 0.1) is 6.92 Å². The Morgan fingerprint density at radius 3 is 2.90 bits per heavy atom. The molecule has 2 aromatic heterocycles. The summed E-state index contributed by atoms with van der Waals surface area (Å²) in [5, 5.41) is 3.43. The second-order valence-corrected chi connectivity index (χ2v) is 4.96. The van der Waals surface area contributed by atoms with Crippen molar-refractivity contribution in [2.24, 2.45) is 0 Å². The van der Waals surface area contributed by atoms with Crippen LogP contribution in [-0.4, -0.2) is 16.0 Å². The summed E-state index contributed by atoms with van der Waals surface area (Å²) < 4.78 is 7.53. The lowest BCUT2D eigenvalue weighted by molar-refractivity contribution is 0.340. The Hall–Kier alpha value is -2.49. The number of rotatable bonds is 5. The summed E-state index contributed by atoms with van der Waals surface area (Å²) in [5.41, 5.74) is 4.27.